The molecule has 5 heteroatoms. The van der Waals surface area contributed by atoms with E-state index in [1.807, 2.05) is 20.9 Å². The van der Waals surface area contributed by atoms with E-state index in [0.29, 0.717) is 0 Å². The van der Waals surface area contributed by atoms with E-state index in [1.54, 1.807) is 4.68 Å². The van der Waals surface area contributed by atoms with Gasteiger partial charge < -0.3 is 5.11 Å². The molecule has 0 fully saturated rings. The molecule has 0 aliphatic heterocycles. The molecule has 1 aromatic rings. The van der Waals surface area contributed by atoms with Gasteiger partial charge in [0, 0.05) is 18.5 Å². The molecule has 0 saturated carbocycles. The third-order valence-electron chi connectivity index (χ3n) is 2.18. The maximum Gasteiger partial charge on any atom is 0.304 e. The van der Waals surface area contributed by atoms with E-state index in [9.17, 15) is 4.79 Å². The molecule has 0 aromatic carbocycles. The summed E-state index contributed by atoms with van der Waals surface area (Å²) in [5.74, 6) is -0.844. The zero-order valence-electron chi connectivity index (χ0n) is 8.41. The number of hydrogen-bond donors (Lipinski definition) is 1. The van der Waals surface area contributed by atoms with Crippen LogP contribution in [0.4, 0.5) is 0 Å². The van der Waals surface area contributed by atoms with Crippen LogP contribution >= 0.6 is 15.9 Å². The molecule has 0 saturated heterocycles. The minimum absolute atomic E-state index is 0.0509. The number of carbonyl (C=O) groups is 1. The highest BCUT2D eigenvalue weighted by Gasteiger charge is 2.18. The van der Waals surface area contributed by atoms with Gasteiger partial charge in [0.05, 0.1) is 12.1 Å². The van der Waals surface area contributed by atoms with Crippen LogP contribution in [-0.2, 0) is 11.8 Å². The molecule has 1 atom stereocenters. The highest BCUT2D eigenvalue weighted by molar-refractivity contribution is 9.10. The Bertz CT molecular complexity index is 360. The van der Waals surface area contributed by atoms with Crippen LogP contribution in [0.25, 0.3) is 0 Å². The molecule has 0 aliphatic rings. The second-order valence-corrected chi connectivity index (χ2v) is 4.17. The summed E-state index contributed by atoms with van der Waals surface area (Å²) in [4.78, 5) is 10.5. The van der Waals surface area contributed by atoms with Gasteiger partial charge in [0.25, 0.3) is 0 Å². The average Bonchev–Trinajstić information content (AvgIpc) is 2.32. The summed E-state index contributed by atoms with van der Waals surface area (Å²) in [6.45, 7) is 3.81. The van der Waals surface area contributed by atoms with E-state index in [-0.39, 0.29) is 12.3 Å². The molecule has 14 heavy (non-hydrogen) atoms. The number of aliphatic carboxylic acids is 1. The number of halogens is 1. The lowest BCUT2D eigenvalue weighted by Crippen LogP contribution is -2.05. The van der Waals surface area contributed by atoms with Crippen LogP contribution in [0.3, 0.4) is 0 Å². The maximum atomic E-state index is 10.5. The smallest absolute Gasteiger partial charge is 0.304 e. The Balaban J connectivity index is 2.95. The van der Waals surface area contributed by atoms with Crippen molar-refractivity contribution in [1.82, 2.24) is 9.78 Å². The number of carboxylic acid groups (broad SMARTS) is 1. The van der Waals surface area contributed by atoms with Crippen molar-refractivity contribution in [2.45, 2.75) is 26.2 Å². The van der Waals surface area contributed by atoms with Crippen molar-refractivity contribution < 1.29 is 9.90 Å². The number of hydrogen-bond acceptors (Lipinski definition) is 2. The molecule has 4 nitrogen and oxygen atoms in total. The lowest BCUT2D eigenvalue weighted by molar-refractivity contribution is -0.137. The zero-order chi connectivity index (χ0) is 10.9. The minimum atomic E-state index is -0.793. The second-order valence-electron chi connectivity index (χ2n) is 3.42. The average molecular weight is 261 g/mol. The topological polar surface area (TPSA) is 55.1 Å². The predicted octanol–water partition coefficient (Wildman–Crippen LogP) is 2.07. The Morgan fingerprint density at radius 1 is 1.71 bits per heavy atom. The molecule has 0 bridgehead atoms. The van der Waals surface area contributed by atoms with Gasteiger partial charge in [-0.05, 0) is 22.9 Å². The first kappa shape index (κ1) is 11.2. The lowest BCUT2D eigenvalue weighted by atomic mass is 10.0. The molecule has 1 aromatic heterocycles. The fraction of sp³-hybridized carbons (Fsp3) is 0.556. The molecule has 0 amide bonds. The third kappa shape index (κ3) is 2.15. The summed E-state index contributed by atoms with van der Waals surface area (Å²) >= 11 is 3.39. The van der Waals surface area contributed by atoms with Gasteiger partial charge >= 0.3 is 5.97 Å². The van der Waals surface area contributed by atoms with E-state index in [4.69, 9.17) is 5.11 Å². The Hall–Kier alpha value is -0.840. The highest BCUT2D eigenvalue weighted by Crippen LogP contribution is 2.26. The van der Waals surface area contributed by atoms with Crippen molar-refractivity contribution in [3.63, 3.8) is 0 Å². The summed E-state index contributed by atoms with van der Waals surface area (Å²) in [7, 11) is 1.83. The first-order valence-corrected chi connectivity index (χ1v) is 5.13. The van der Waals surface area contributed by atoms with Crippen LogP contribution in [0.1, 0.15) is 30.5 Å². The van der Waals surface area contributed by atoms with Gasteiger partial charge in [0.1, 0.15) is 4.60 Å². The molecule has 0 spiro atoms. The van der Waals surface area contributed by atoms with E-state index < -0.39 is 5.97 Å². The van der Waals surface area contributed by atoms with Crippen LogP contribution < -0.4 is 0 Å². The number of rotatable bonds is 3. The molecule has 1 rings (SSSR count). The van der Waals surface area contributed by atoms with Gasteiger partial charge in [-0.25, -0.2) is 0 Å². The van der Waals surface area contributed by atoms with Crippen LogP contribution in [0.5, 0.6) is 0 Å². The largest absolute Gasteiger partial charge is 0.481 e. The lowest BCUT2D eigenvalue weighted by Gasteiger charge is -2.05. The molecule has 1 N–H and O–H groups in total. The molecule has 1 heterocycles. The number of nitrogens with zero attached hydrogens (tertiary/aromatic N) is 2. The van der Waals surface area contributed by atoms with Gasteiger partial charge in [-0.15, -0.1) is 0 Å². The summed E-state index contributed by atoms with van der Waals surface area (Å²) in [6.07, 6.45) is 0.115. The molecular weight excluding hydrogens is 248 g/mol. The molecule has 0 radical (unpaired) electrons. The van der Waals surface area contributed by atoms with E-state index in [0.717, 1.165) is 15.9 Å². The van der Waals surface area contributed by atoms with Gasteiger partial charge in [0.2, 0.25) is 0 Å². The fourth-order valence-electron chi connectivity index (χ4n) is 1.46. The van der Waals surface area contributed by atoms with Crippen LogP contribution in [0, 0.1) is 6.92 Å². The predicted molar refractivity (Wildman–Crippen MR) is 56.3 cm³/mol. The summed E-state index contributed by atoms with van der Waals surface area (Å²) in [5.41, 5.74) is 1.86. The third-order valence-corrected chi connectivity index (χ3v) is 3.29. The molecule has 1 unspecified atom stereocenters. The fourth-order valence-corrected chi connectivity index (χ4v) is 1.74. The minimum Gasteiger partial charge on any atom is -0.481 e. The Kier molecular flexibility index (Phi) is 3.31. The van der Waals surface area contributed by atoms with Crippen molar-refractivity contribution in [2.75, 3.05) is 0 Å². The highest BCUT2D eigenvalue weighted by atomic mass is 79.9. The van der Waals surface area contributed by atoms with Crippen molar-refractivity contribution in [1.29, 1.82) is 0 Å². The summed E-state index contributed by atoms with van der Waals surface area (Å²) in [6, 6.07) is 0. The second kappa shape index (κ2) is 4.13. The molecular formula is C9H13BrN2O2. The van der Waals surface area contributed by atoms with Crippen molar-refractivity contribution in [2.24, 2.45) is 7.05 Å². The van der Waals surface area contributed by atoms with E-state index in [1.165, 1.54) is 0 Å². The SMILES string of the molecule is Cc1c(C(C)CC(=O)O)nn(C)c1Br. The Morgan fingerprint density at radius 3 is 2.64 bits per heavy atom. The van der Waals surface area contributed by atoms with Gasteiger partial charge in [-0.1, -0.05) is 6.92 Å². The maximum absolute atomic E-state index is 10.5. The van der Waals surface area contributed by atoms with Gasteiger partial charge in [-0.2, -0.15) is 5.10 Å². The molecule has 0 aliphatic carbocycles. The van der Waals surface area contributed by atoms with Crippen molar-refractivity contribution in [3.05, 3.63) is 15.9 Å². The van der Waals surface area contributed by atoms with Crippen LogP contribution in [-0.4, -0.2) is 20.9 Å². The van der Waals surface area contributed by atoms with Crippen molar-refractivity contribution >= 4 is 21.9 Å². The summed E-state index contributed by atoms with van der Waals surface area (Å²) in [5, 5.41) is 12.9. The first-order valence-electron chi connectivity index (χ1n) is 4.34. The standard InChI is InChI=1S/C9H13BrN2O2/c1-5(4-7(13)14)8-6(2)9(10)12(3)11-8/h5H,4H2,1-3H3,(H,13,14). The van der Waals surface area contributed by atoms with Crippen molar-refractivity contribution in [3.8, 4) is 0 Å². The first-order chi connectivity index (χ1) is 6.43. The summed E-state index contributed by atoms with van der Waals surface area (Å²) < 4.78 is 2.62. The zero-order valence-corrected chi connectivity index (χ0v) is 10.00. The van der Waals surface area contributed by atoms with E-state index >= 15 is 0 Å². The number of aromatic nitrogens is 2. The van der Waals surface area contributed by atoms with Gasteiger partial charge in [-0.3, -0.25) is 9.48 Å². The normalized spacial score (nSPS) is 12.9. The van der Waals surface area contributed by atoms with Gasteiger partial charge in [0.15, 0.2) is 0 Å². The Morgan fingerprint density at radius 2 is 2.29 bits per heavy atom. The van der Waals surface area contributed by atoms with E-state index in [2.05, 4.69) is 21.0 Å². The number of aryl methyl sites for hydroxylation is 1. The van der Waals surface area contributed by atoms with Crippen LogP contribution in [0.2, 0.25) is 0 Å². The number of carboxylic acids is 1. The van der Waals surface area contributed by atoms with Crippen LogP contribution in [0.15, 0.2) is 4.60 Å². The monoisotopic (exact) mass is 260 g/mol. The quantitative estimate of drug-likeness (QED) is 0.906. The molecule has 78 valence electrons. The Labute approximate surface area is 91.1 Å².